The highest BCUT2D eigenvalue weighted by molar-refractivity contribution is 7.99. The smallest absolute Gasteiger partial charge is 0.313 e. The van der Waals surface area contributed by atoms with Crippen LogP contribution in [-0.2, 0) is 0 Å². The normalized spacial score (nSPS) is 10.5. The maximum atomic E-state index is 11.1. The first-order valence-corrected chi connectivity index (χ1v) is 7.68. The molecule has 2 aromatic carbocycles. The number of phenolic OH excluding ortho intramolecular Hbond substituents is 1. The molecule has 0 fully saturated rings. The van der Waals surface area contributed by atoms with Gasteiger partial charge in [0.2, 0.25) is 11.5 Å². The predicted molar refractivity (Wildman–Crippen MR) is 88.6 cm³/mol. The van der Waals surface area contributed by atoms with E-state index in [2.05, 4.69) is 0 Å². The maximum Gasteiger partial charge on any atom is 0.313 e. The molecule has 0 bridgehead atoms. The second-order valence-electron chi connectivity index (χ2n) is 4.34. The molecule has 8 nitrogen and oxygen atoms in total. The molecule has 0 saturated carbocycles. The number of benzene rings is 2. The number of rotatable bonds is 5. The van der Waals surface area contributed by atoms with Crippen LogP contribution in [0.25, 0.3) is 0 Å². The lowest BCUT2D eigenvalue weighted by molar-refractivity contribution is -0.386. The van der Waals surface area contributed by atoms with Crippen molar-refractivity contribution >= 4 is 46.3 Å². The van der Waals surface area contributed by atoms with E-state index in [1.807, 2.05) is 0 Å². The first kappa shape index (κ1) is 18.1. The van der Waals surface area contributed by atoms with Gasteiger partial charge in [0.25, 0.3) is 0 Å². The molecule has 0 amide bonds. The van der Waals surface area contributed by atoms with Crippen LogP contribution in [0.15, 0.2) is 34.1 Å². The Kier molecular flexibility index (Phi) is 5.37. The minimum atomic E-state index is -0.789. The van der Waals surface area contributed by atoms with Gasteiger partial charge in [-0.3, -0.25) is 20.2 Å². The molecule has 0 aliphatic carbocycles. The first-order valence-electron chi connectivity index (χ1n) is 6.11. The SMILES string of the molecule is COc1c(Sc2cc(Cl)cc([N+](=O)[O-])c2O)cc(Cl)cc1[N+](=O)[O-]. The van der Waals surface area contributed by atoms with E-state index in [0.717, 1.165) is 23.9 Å². The number of methoxy groups -OCH3 is 1. The van der Waals surface area contributed by atoms with Crippen molar-refractivity contribution in [2.45, 2.75) is 9.79 Å². The van der Waals surface area contributed by atoms with Crippen molar-refractivity contribution in [3.63, 3.8) is 0 Å². The van der Waals surface area contributed by atoms with E-state index in [0.29, 0.717) is 0 Å². The summed E-state index contributed by atoms with van der Waals surface area (Å²) in [5.74, 6) is -0.699. The third-order valence-electron chi connectivity index (χ3n) is 2.84. The molecular formula is C13H8Cl2N2O6S. The quantitative estimate of drug-likeness (QED) is 0.581. The third kappa shape index (κ3) is 3.64. The van der Waals surface area contributed by atoms with Crippen molar-refractivity contribution in [3.05, 3.63) is 54.5 Å². The molecule has 11 heteroatoms. The fourth-order valence-corrected chi connectivity index (χ4v) is 3.51. The van der Waals surface area contributed by atoms with Gasteiger partial charge in [-0.1, -0.05) is 35.0 Å². The summed E-state index contributed by atoms with van der Waals surface area (Å²) >= 11 is 12.5. The van der Waals surface area contributed by atoms with Crippen LogP contribution >= 0.6 is 35.0 Å². The summed E-state index contributed by atoms with van der Waals surface area (Å²) < 4.78 is 5.04. The molecule has 0 spiro atoms. The highest BCUT2D eigenvalue weighted by atomic mass is 35.5. The number of nitrogens with zero attached hydrogens (tertiary/aromatic N) is 2. The summed E-state index contributed by atoms with van der Waals surface area (Å²) in [7, 11) is 1.24. The standard InChI is InChI=1S/C13H8Cl2N2O6S/c1-23-13-9(17(21)22)3-7(15)5-11(13)24-10-4-6(14)2-8(12(10)18)16(19)20/h2-5,18H,1H3. The summed E-state index contributed by atoms with van der Waals surface area (Å²) in [6, 6.07) is 4.79. The van der Waals surface area contributed by atoms with E-state index in [4.69, 9.17) is 27.9 Å². The van der Waals surface area contributed by atoms with E-state index in [1.165, 1.54) is 19.2 Å². The van der Waals surface area contributed by atoms with Crippen molar-refractivity contribution in [2.24, 2.45) is 0 Å². The van der Waals surface area contributed by atoms with Gasteiger partial charge in [0.1, 0.15) is 0 Å². The lowest BCUT2D eigenvalue weighted by Gasteiger charge is -2.10. The molecule has 0 aliphatic heterocycles. The molecule has 2 rings (SSSR count). The van der Waals surface area contributed by atoms with Crippen LogP contribution in [0.2, 0.25) is 10.0 Å². The zero-order valence-corrected chi connectivity index (χ0v) is 14.2. The van der Waals surface area contributed by atoms with E-state index >= 15 is 0 Å². The minimum Gasteiger partial charge on any atom is -0.501 e. The van der Waals surface area contributed by atoms with Crippen molar-refractivity contribution in [1.29, 1.82) is 0 Å². The number of ether oxygens (including phenoxy) is 1. The molecular weight excluding hydrogens is 383 g/mol. The molecule has 126 valence electrons. The zero-order valence-electron chi connectivity index (χ0n) is 11.9. The maximum absolute atomic E-state index is 11.1. The number of nitro groups is 2. The van der Waals surface area contributed by atoms with Gasteiger partial charge in [-0.25, -0.2) is 0 Å². The number of aromatic hydroxyl groups is 1. The minimum absolute atomic E-state index is 0.0255. The number of halogens is 2. The number of hydrogen-bond acceptors (Lipinski definition) is 7. The molecule has 0 aromatic heterocycles. The predicted octanol–water partition coefficient (Wildman–Crippen LogP) is 4.68. The van der Waals surface area contributed by atoms with Crippen molar-refractivity contribution in [3.8, 4) is 11.5 Å². The largest absolute Gasteiger partial charge is 0.501 e. The van der Waals surface area contributed by atoms with Gasteiger partial charge in [-0.15, -0.1) is 0 Å². The van der Waals surface area contributed by atoms with E-state index < -0.39 is 21.3 Å². The monoisotopic (exact) mass is 390 g/mol. The van der Waals surface area contributed by atoms with Gasteiger partial charge in [0.15, 0.2) is 0 Å². The number of hydrogen-bond donors (Lipinski definition) is 1. The fraction of sp³-hybridized carbons (Fsp3) is 0.0769. The van der Waals surface area contributed by atoms with E-state index in [-0.39, 0.29) is 31.3 Å². The lowest BCUT2D eigenvalue weighted by atomic mass is 10.3. The Hall–Kier alpha value is -2.23. The van der Waals surface area contributed by atoms with Crippen molar-refractivity contribution in [1.82, 2.24) is 0 Å². The van der Waals surface area contributed by atoms with Crippen molar-refractivity contribution in [2.75, 3.05) is 7.11 Å². The summed E-state index contributed by atoms with van der Waals surface area (Å²) in [6.07, 6.45) is 0. The summed E-state index contributed by atoms with van der Waals surface area (Å²) in [5.41, 5.74) is -0.955. The Morgan fingerprint density at radius 2 is 1.50 bits per heavy atom. The summed E-state index contributed by atoms with van der Waals surface area (Å²) in [5, 5.41) is 32.2. The molecule has 0 heterocycles. The van der Waals surface area contributed by atoms with Gasteiger partial charge < -0.3 is 9.84 Å². The van der Waals surface area contributed by atoms with Crippen LogP contribution in [-0.4, -0.2) is 22.1 Å². The molecule has 0 radical (unpaired) electrons. The highest BCUT2D eigenvalue weighted by Gasteiger charge is 2.24. The Morgan fingerprint density at radius 3 is 2.00 bits per heavy atom. The van der Waals surface area contributed by atoms with Gasteiger partial charge >= 0.3 is 11.4 Å². The average Bonchev–Trinajstić information content (AvgIpc) is 2.49. The van der Waals surface area contributed by atoms with Gasteiger partial charge in [0, 0.05) is 22.2 Å². The average molecular weight is 391 g/mol. The van der Waals surface area contributed by atoms with Gasteiger partial charge in [-0.05, 0) is 12.1 Å². The molecule has 0 unspecified atom stereocenters. The van der Waals surface area contributed by atoms with Crippen LogP contribution in [0.5, 0.6) is 11.5 Å². The van der Waals surface area contributed by atoms with Crippen LogP contribution in [0.4, 0.5) is 11.4 Å². The van der Waals surface area contributed by atoms with Gasteiger partial charge in [0.05, 0.1) is 26.7 Å². The summed E-state index contributed by atoms with van der Waals surface area (Å²) in [4.78, 5) is 20.8. The zero-order chi connectivity index (χ0) is 18.0. The van der Waals surface area contributed by atoms with E-state index in [1.54, 1.807) is 0 Å². The fourth-order valence-electron chi connectivity index (χ4n) is 1.87. The van der Waals surface area contributed by atoms with E-state index in [9.17, 15) is 25.3 Å². The van der Waals surface area contributed by atoms with Crippen LogP contribution < -0.4 is 4.74 Å². The second kappa shape index (κ2) is 7.12. The van der Waals surface area contributed by atoms with Crippen LogP contribution in [0.3, 0.4) is 0 Å². The third-order valence-corrected chi connectivity index (χ3v) is 4.33. The Morgan fingerprint density at radius 1 is 1.00 bits per heavy atom. The molecule has 0 atom stereocenters. The van der Waals surface area contributed by atoms with Crippen LogP contribution in [0.1, 0.15) is 0 Å². The topological polar surface area (TPSA) is 116 Å². The first-order chi connectivity index (χ1) is 11.2. The second-order valence-corrected chi connectivity index (χ2v) is 6.30. The Balaban J connectivity index is 2.60. The Labute approximate surface area is 149 Å². The molecule has 1 N–H and O–H groups in total. The highest BCUT2D eigenvalue weighted by Crippen LogP contribution is 2.47. The lowest BCUT2D eigenvalue weighted by Crippen LogP contribution is -1.96. The molecule has 24 heavy (non-hydrogen) atoms. The van der Waals surface area contributed by atoms with Gasteiger partial charge in [-0.2, -0.15) is 0 Å². The number of phenols is 1. The molecule has 2 aromatic rings. The summed E-state index contributed by atoms with van der Waals surface area (Å²) in [6.45, 7) is 0. The number of nitro benzene ring substituents is 2. The molecule has 0 aliphatic rings. The van der Waals surface area contributed by atoms with Crippen LogP contribution in [0, 0.1) is 20.2 Å². The van der Waals surface area contributed by atoms with Crippen molar-refractivity contribution < 1.29 is 19.7 Å². The molecule has 0 saturated heterocycles. The Bertz CT molecular complexity index is 846.